The van der Waals surface area contributed by atoms with Crippen LogP contribution in [0.1, 0.15) is 0 Å². The van der Waals surface area contributed by atoms with Gasteiger partial charge in [-0.25, -0.2) is 8.42 Å². The molecule has 2 N–H and O–H groups in total. The summed E-state index contributed by atoms with van der Waals surface area (Å²) in [6.45, 7) is 0. The molecule has 4 nitrogen and oxygen atoms in total. The summed E-state index contributed by atoms with van der Waals surface area (Å²) in [5, 5.41) is 18.2. The Morgan fingerprint density at radius 1 is 1.11 bits per heavy atom. The van der Waals surface area contributed by atoms with Gasteiger partial charge in [-0.3, -0.25) is 0 Å². The zero-order chi connectivity index (χ0) is 7.07. The third-order valence-corrected chi connectivity index (χ3v) is 1.92. The van der Waals surface area contributed by atoms with Gasteiger partial charge in [-0.15, -0.1) is 0 Å². The van der Waals surface area contributed by atoms with Crippen molar-refractivity contribution in [2.75, 3.05) is 0 Å². The van der Waals surface area contributed by atoms with Crippen molar-refractivity contribution in [3.63, 3.8) is 0 Å². The number of aliphatic hydroxyl groups is 2. The Kier molecular flexibility index (Phi) is 1.03. The summed E-state index contributed by atoms with van der Waals surface area (Å²) < 4.78 is 20.8. The van der Waals surface area contributed by atoms with Crippen molar-refractivity contribution in [2.45, 2.75) is 0 Å². The Morgan fingerprint density at radius 2 is 1.44 bits per heavy atom. The van der Waals surface area contributed by atoms with E-state index >= 15 is 0 Å². The Morgan fingerprint density at radius 3 is 1.56 bits per heavy atom. The average Bonchev–Trinajstić information content (AvgIpc) is 1.79. The van der Waals surface area contributed by atoms with Gasteiger partial charge >= 0.3 is 0 Å². The second kappa shape index (κ2) is 1.51. The SMILES string of the molecule is O=S1(=O)C=C(O)C(O)=C1. The molecule has 1 aliphatic rings. The molecule has 1 heterocycles. The number of hydrogen-bond donors (Lipinski definition) is 2. The summed E-state index contributed by atoms with van der Waals surface area (Å²) in [6.07, 6.45) is 0. The molecule has 50 valence electrons. The second-order valence-electron chi connectivity index (χ2n) is 1.60. The van der Waals surface area contributed by atoms with Gasteiger partial charge in [-0.1, -0.05) is 0 Å². The van der Waals surface area contributed by atoms with E-state index in [1.165, 1.54) is 0 Å². The lowest BCUT2D eigenvalue weighted by Gasteiger charge is -1.84. The molecule has 0 aromatic carbocycles. The van der Waals surface area contributed by atoms with Crippen LogP contribution in [0.3, 0.4) is 0 Å². The van der Waals surface area contributed by atoms with E-state index in [2.05, 4.69) is 0 Å². The van der Waals surface area contributed by atoms with E-state index in [0.29, 0.717) is 10.8 Å². The Hall–Kier alpha value is -0.970. The van der Waals surface area contributed by atoms with Crippen LogP contribution in [0.15, 0.2) is 22.3 Å². The number of sulfone groups is 1. The third kappa shape index (κ3) is 1.05. The molecule has 0 aromatic heterocycles. The highest BCUT2D eigenvalue weighted by Gasteiger charge is 2.17. The van der Waals surface area contributed by atoms with Gasteiger partial charge in [0, 0.05) is 0 Å². The quantitative estimate of drug-likeness (QED) is 0.515. The highest BCUT2D eigenvalue weighted by Crippen LogP contribution is 2.15. The summed E-state index contributed by atoms with van der Waals surface area (Å²) >= 11 is 0. The van der Waals surface area contributed by atoms with Crippen LogP contribution in [0, 0.1) is 0 Å². The highest BCUT2D eigenvalue weighted by molar-refractivity contribution is 7.97. The van der Waals surface area contributed by atoms with Crippen LogP contribution in [0.2, 0.25) is 0 Å². The molecule has 5 heteroatoms. The van der Waals surface area contributed by atoms with Crippen molar-refractivity contribution in [3.8, 4) is 0 Å². The first-order valence-electron chi connectivity index (χ1n) is 2.08. The normalized spacial score (nSPS) is 23.1. The fourth-order valence-electron chi connectivity index (χ4n) is 0.466. The van der Waals surface area contributed by atoms with Crippen LogP contribution in [-0.2, 0) is 9.84 Å². The zero-order valence-electron chi connectivity index (χ0n) is 4.27. The molecule has 0 fully saturated rings. The summed E-state index contributed by atoms with van der Waals surface area (Å²) in [5.74, 6) is -1.20. The number of rotatable bonds is 0. The van der Waals surface area contributed by atoms with E-state index in [0.717, 1.165) is 0 Å². The monoisotopic (exact) mass is 148 g/mol. The lowest BCUT2D eigenvalue weighted by atomic mass is 10.5. The largest absolute Gasteiger partial charge is 0.504 e. The number of aliphatic hydroxyl groups excluding tert-OH is 2. The first-order valence-corrected chi connectivity index (χ1v) is 3.69. The molecule has 0 saturated heterocycles. The maximum Gasteiger partial charge on any atom is 0.200 e. The third-order valence-electron chi connectivity index (χ3n) is 0.814. The minimum atomic E-state index is -3.47. The second-order valence-corrected chi connectivity index (χ2v) is 3.24. The summed E-state index contributed by atoms with van der Waals surface area (Å²) in [7, 11) is -3.47. The predicted octanol–water partition coefficient (Wildman–Crippen LogP) is 0.214. The molecule has 1 rings (SSSR count). The molecule has 0 amide bonds. The van der Waals surface area contributed by atoms with Crippen LogP contribution >= 0.6 is 0 Å². The van der Waals surface area contributed by atoms with Crippen molar-refractivity contribution in [3.05, 3.63) is 22.3 Å². The maximum absolute atomic E-state index is 10.4. The lowest BCUT2D eigenvalue weighted by molar-refractivity contribution is 0.330. The fourth-order valence-corrected chi connectivity index (χ4v) is 1.40. The average molecular weight is 148 g/mol. The molecular weight excluding hydrogens is 144 g/mol. The molecule has 9 heavy (non-hydrogen) atoms. The van der Waals surface area contributed by atoms with Gasteiger partial charge in [0.25, 0.3) is 0 Å². The minimum Gasteiger partial charge on any atom is -0.504 e. The molecule has 0 bridgehead atoms. The van der Waals surface area contributed by atoms with Crippen LogP contribution < -0.4 is 0 Å². The van der Waals surface area contributed by atoms with Gasteiger partial charge in [-0.2, -0.15) is 0 Å². The van der Waals surface area contributed by atoms with Gasteiger partial charge in [0.1, 0.15) is 0 Å². The first kappa shape index (κ1) is 6.15. The van der Waals surface area contributed by atoms with E-state index in [9.17, 15) is 8.42 Å². The molecular formula is C4H4O4S. The van der Waals surface area contributed by atoms with E-state index in [-0.39, 0.29) is 0 Å². The molecule has 0 radical (unpaired) electrons. The molecule has 1 aliphatic heterocycles. The van der Waals surface area contributed by atoms with Gasteiger partial charge in [0.2, 0.25) is 9.84 Å². The molecule has 0 saturated carbocycles. The van der Waals surface area contributed by atoms with Crippen LogP contribution in [0.5, 0.6) is 0 Å². The number of hydrogen-bond acceptors (Lipinski definition) is 4. The van der Waals surface area contributed by atoms with Gasteiger partial charge < -0.3 is 10.2 Å². The molecule has 0 atom stereocenters. The Bertz CT molecular complexity index is 258. The van der Waals surface area contributed by atoms with E-state index < -0.39 is 21.4 Å². The van der Waals surface area contributed by atoms with Gasteiger partial charge in [-0.05, 0) is 0 Å². The molecule has 0 aliphatic carbocycles. The zero-order valence-corrected chi connectivity index (χ0v) is 5.09. The van der Waals surface area contributed by atoms with E-state index in [1.807, 2.05) is 0 Å². The minimum absolute atomic E-state index is 0.586. The van der Waals surface area contributed by atoms with E-state index in [1.54, 1.807) is 0 Å². The van der Waals surface area contributed by atoms with Crippen LogP contribution in [0.25, 0.3) is 0 Å². The Labute approximate surface area is 51.7 Å². The summed E-state index contributed by atoms with van der Waals surface area (Å²) in [6, 6.07) is 0. The van der Waals surface area contributed by atoms with Crippen molar-refractivity contribution in [1.82, 2.24) is 0 Å². The highest BCUT2D eigenvalue weighted by atomic mass is 32.2. The van der Waals surface area contributed by atoms with Crippen molar-refractivity contribution in [1.29, 1.82) is 0 Å². The first-order chi connectivity index (χ1) is 4.01. The standard InChI is InChI=1S/C4H4O4S/c5-3-1-9(7,8)2-4(3)6/h1-2,5-6H. The molecule has 0 aromatic rings. The van der Waals surface area contributed by atoms with Crippen LogP contribution in [-0.4, -0.2) is 18.6 Å². The van der Waals surface area contributed by atoms with Crippen molar-refractivity contribution < 1.29 is 18.6 Å². The van der Waals surface area contributed by atoms with E-state index in [4.69, 9.17) is 10.2 Å². The molecule has 0 unspecified atom stereocenters. The Balaban J connectivity index is 3.27. The lowest BCUT2D eigenvalue weighted by Crippen LogP contribution is -1.81. The van der Waals surface area contributed by atoms with Gasteiger partial charge in [0.05, 0.1) is 10.8 Å². The fraction of sp³-hybridized carbons (Fsp3) is 0. The van der Waals surface area contributed by atoms with Crippen molar-refractivity contribution >= 4 is 9.84 Å². The maximum atomic E-state index is 10.4. The van der Waals surface area contributed by atoms with Crippen LogP contribution in [0.4, 0.5) is 0 Å². The molecule has 0 spiro atoms. The smallest absolute Gasteiger partial charge is 0.200 e. The summed E-state index contributed by atoms with van der Waals surface area (Å²) in [5.41, 5.74) is 0. The summed E-state index contributed by atoms with van der Waals surface area (Å²) in [4.78, 5) is 0. The van der Waals surface area contributed by atoms with Gasteiger partial charge in [0.15, 0.2) is 11.5 Å². The van der Waals surface area contributed by atoms with Crippen molar-refractivity contribution in [2.24, 2.45) is 0 Å². The predicted molar refractivity (Wildman–Crippen MR) is 30.3 cm³/mol. The topological polar surface area (TPSA) is 74.6 Å².